The molecule has 0 radical (unpaired) electrons. The van der Waals surface area contributed by atoms with Crippen LogP contribution in [0.1, 0.15) is 61.8 Å². The van der Waals surface area contributed by atoms with Crippen LogP contribution in [0.15, 0.2) is 97.6 Å². The highest BCUT2D eigenvalue weighted by molar-refractivity contribution is 14.0. The fraction of sp³-hybridized carbons (Fsp3) is 0.349. The second kappa shape index (κ2) is 21.2. The van der Waals surface area contributed by atoms with Crippen molar-refractivity contribution in [1.29, 1.82) is 0 Å². The van der Waals surface area contributed by atoms with Gasteiger partial charge in [-0.05, 0) is 72.2 Å². The van der Waals surface area contributed by atoms with Crippen molar-refractivity contribution in [2.45, 2.75) is 59.4 Å². The normalized spacial score (nSPS) is 14.6. The third kappa shape index (κ3) is 12.4. The second-order valence-corrected chi connectivity index (χ2v) is 14.3. The van der Waals surface area contributed by atoms with E-state index in [9.17, 15) is 19.8 Å². The molecule has 57 heavy (non-hydrogen) atoms. The van der Waals surface area contributed by atoms with Crippen molar-refractivity contribution in [3.05, 3.63) is 142 Å². The van der Waals surface area contributed by atoms with Crippen molar-refractivity contribution in [3.8, 4) is 0 Å². The minimum atomic E-state index is -0.999. The zero-order valence-corrected chi connectivity index (χ0v) is 34.1. The van der Waals surface area contributed by atoms with Gasteiger partial charge in [-0.3, -0.25) is 14.6 Å². The van der Waals surface area contributed by atoms with E-state index < -0.39 is 18.2 Å². The predicted octanol–water partition coefficient (Wildman–Crippen LogP) is 4.75. The number of imidazole rings is 2. The lowest BCUT2D eigenvalue weighted by atomic mass is 10.00. The van der Waals surface area contributed by atoms with E-state index in [0.29, 0.717) is 31.0 Å². The predicted molar refractivity (Wildman–Crippen MR) is 233 cm³/mol. The number of nitrogens with zero attached hydrogens (tertiary/aromatic N) is 6. The molecule has 2 atom stereocenters. The number of hydrogen-bond acceptors (Lipinski definition) is 9. The molecule has 0 saturated heterocycles. The van der Waals surface area contributed by atoms with E-state index in [4.69, 9.17) is 10.8 Å². The zero-order chi connectivity index (χ0) is 38.9. The number of halogens is 1. The highest BCUT2D eigenvalue weighted by Gasteiger charge is 2.20. The van der Waals surface area contributed by atoms with E-state index in [1.807, 2.05) is 48.8 Å². The van der Waals surface area contributed by atoms with Gasteiger partial charge in [0.25, 0.3) is 5.91 Å². The minimum Gasteiger partial charge on any atom is -0.476 e. The largest absolute Gasteiger partial charge is 0.476 e. The number of pyridine rings is 2. The van der Waals surface area contributed by atoms with Crippen LogP contribution in [0.2, 0.25) is 0 Å². The number of aromatic carboxylic acids is 1. The van der Waals surface area contributed by atoms with Gasteiger partial charge in [0.1, 0.15) is 17.0 Å². The first-order valence-electron chi connectivity index (χ1n) is 18.6. The number of amides is 1. The fourth-order valence-electron chi connectivity index (χ4n) is 6.87. The summed E-state index contributed by atoms with van der Waals surface area (Å²) in [5, 5.41) is 31.3. The van der Waals surface area contributed by atoms with Crippen LogP contribution < -0.4 is 11.1 Å². The number of aromatic nitrogens is 4. The molecule has 2 aromatic carbocycles. The van der Waals surface area contributed by atoms with E-state index in [1.54, 1.807) is 16.7 Å². The topological polar surface area (TPSA) is 174 Å². The summed E-state index contributed by atoms with van der Waals surface area (Å²) in [6.07, 6.45) is 8.06. The first kappa shape index (κ1) is 45.0. The number of rotatable bonds is 9. The van der Waals surface area contributed by atoms with Gasteiger partial charge in [0.15, 0.2) is 5.69 Å². The summed E-state index contributed by atoms with van der Waals surface area (Å²) < 4.78 is 3.55. The number of aliphatic hydroxyl groups is 2. The van der Waals surface area contributed by atoms with Gasteiger partial charge in [-0.2, -0.15) is 0 Å². The number of fused-ring (bicyclic) bond motifs is 4. The summed E-state index contributed by atoms with van der Waals surface area (Å²) in [7, 11) is 0. The molecule has 13 nitrogen and oxygen atoms in total. The second-order valence-electron chi connectivity index (χ2n) is 14.3. The summed E-state index contributed by atoms with van der Waals surface area (Å²) in [5.41, 5.74) is 14.9. The maximum Gasteiger partial charge on any atom is 0.356 e. The molecule has 2 aliphatic rings. The van der Waals surface area contributed by atoms with Crippen LogP contribution in [0.4, 0.5) is 0 Å². The Morgan fingerprint density at radius 3 is 1.65 bits per heavy atom. The van der Waals surface area contributed by atoms with Gasteiger partial charge in [0.2, 0.25) is 0 Å². The van der Waals surface area contributed by atoms with Crippen LogP contribution >= 0.6 is 24.0 Å². The first-order chi connectivity index (χ1) is 26.5. The number of carbonyl (C=O) groups excluding carboxylic acids is 1. The van der Waals surface area contributed by atoms with Gasteiger partial charge in [-0.25, -0.2) is 14.8 Å². The van der Waals surface area contributed by atoms with E-state index in [1.165, 1.54) is 28.5 Å². The van der Waals surface area contributed by atoms with E-state index >= 15 is 0 Å². The van der Waals surface area contributed by atoms with Crippen molar-refractivity contribution < 1.29 is 24.9 Å². The van der Waals surface area contributed by atoms with Crippen LogP contribution in [0.25, 0.3) is 11.3 Å². The number of hydrogen-bond donors (Lipinski definition) is 5. The van der Waals surface area contributed by atoms with E-state index in [-0.39, 0.29) is 49.5 Å². The van der Waals surface area contributed by atoms with Gasteiger partial charge in [-0.1, -0.05) is 68.1 Å². The SMILES string of the molecule is C.Cc1ccc2nc(C(=O)NCC(O)CN3CCc4ccccc4C3)cn2c1.Cc1ccc2nc(C(=O)O)cn2c1.I.NCC(O)CN1CCc2ccccc2C1. The highest BCUT2D eigenvalue weighted by Crippen LogP contribution is 2.19. The number of nitrogens with two attached hydrogens (primary N) is 1. The van der Waals surface area contributed by atoms with Crippen LogP contribution in [0.5, 0.6) is 0 Å². The maximum atomic E-state index is 12.3. The van der Waals surface area contributed by atoms with Gasteiger partial charge in [-0.15, -0.1) is 24.0 Å². The van der Waals surface area contributed by atoms with Crippen LogP contribution in [0.3, 0.4) is 0 Å². The molecule has 2 unspecified atom stereocenters. The number of β-amino-alcohol motifs (C(OH)–C–C–N with tert-alkyl or cyclic N) is 2. The van der Waals surface area contributed by atoms with Crippen molar-refractivity contribution in [1.82, 2.24) is 33.9 Å². The molecule has 1 amide bonds. The molecule has 304 valence electrons. The number of carboxylic acids is 1. The van der Waals surface area contributed by atoms with E-state index in [0.717, 1.165) is 55.8 Å². The summed E-state index contributed by atoms with van der Waals surface area (Å²) >= 11 is 0. The molecular formula is C43H55IN8O5. The van der Waals surface area contributed by atoms with Crippen molar-refractivity contribution in [3.63, 3.8) is 0 Å². The molecule has 6 N–H and O–H groups in total. The Hall–Kier alpha value is -4.71. The third-order valence-electron chi connectivity index (χ3n) is 9.78. The molecule has 2 aliphatic heterocycles. The third-order valence-corrected chi connectivity index (χ3v) is 9.78. The number of nitrogens with one attached hydrogen (secondary N) is 1. The molecule has 6 aromatic rings. The molecule has 14 heteroatoms. The molecule has 0 fully saturated rings. The molecular weight excluding hydrogens is 835 g/mol. The van der Waals surface area contributed by atoms with Crippen molar-refractivity contribution >= 4 is 47.1 Å². The molecule has 0 spiro atoms. The molecule has 8 rings (SSSR count). The Labute approximate surface area is 351 Å². The number of aliphatic hydroxyl groups excluding tert-OH is 2. The monoisotopic (exact) mass is 890 g/mol. The Morgan fingerprint density at radius 2 is 1.16 bits per heavy atom. The molecule has 0 saturated carbocycles. The van der Waals surface area contributed by atoms with Crippen LogP contribution in [0, 0.1) is 13.8 Å². The van der Waals surface area contributed by atoms with Gasteiger partial charge < -0.3 is 35.2 Å². The molecule has 6 heterocycles. The Kier molecular flexibility index (Phi) is 16.7. The van der Waals surface area contributed by atoms with Crippen molar-refractivity contribution in [2.75, 3.05) is 39.3 Å². The molecule has 0 bridgehead atoms. The van der Waals surface area contributed by atoms with Gasteiger partial charge in [0, 0.05) is 77.1 Å². The van der Waals surface area contributed by atoms with Crippen molar-refractivity contribution in [2.24, 2.45) is 5.73 Å². The highest BCUT2D eigenvalue weighted by atomic mass is 127. The fourth-order valence-corrected chi connectivity index (χ4v) is 6.87. The summed E-state index contributed by atoms with van der Waals surface area (Å²) in [4.78, 5) is 35.7. The summed E-state index contributed by atoms with van der Waals surface area (Å²) in [5.74, 6) is -1.26. The lowest BCUT2D eigenvalue weighted by molar-refractivity contribution is 0.0691. The van der Waals surface area contributed by atoms with Gasteiger partial charge >= 0.3 is 5.97 Å². The van der Waals surface area contributed by atoms with Gasteiger partial charge in [0.05, 0.1) is 12.2 Å². The number of benzene rings is 2. The minimum absolute atomic E-state index is 0. The van der Waals surface area contributed by atoms with E-state index in [2.05, 4.69) is 73.6 Å². The Bertz CT molecular complexity index is 2240. The lowest BCUT2D eigenvalue weighted by Gasteiger charge is -2.30. The maximum absolute atomic E-state index is 12.3. The quantitative estimate of drug-likeness (QED) is 0.128. The smallest absolute Gasteiger partial charge is 0.356 e. The average Bonchev–Trinajstić information content (AvgIpc) is 3.82. The lowest BCUT2D eigenvalue weighted by Crippen LogP contribution is -2.42. The Balaban J connectivity index is 0.000000204. The molecule has 0 aliphatic carbocycles. The number of aryl methyl sites for hydroxylation is 2. The van der Waals surface area contributed by atoms with Crippen LogP contribution in [-0.4, -0.2) is 107 Å². The number of carbonyl (C=O) groups is 2. The number of carboxylic acid groups (broad SMARTS) is 1. The zero-order valence-electron chi connectivity index (χ0n) is 31.8. The standard InChI is InChI=1S/C21H24N4O2.C12H18N2O.C9H8N2O2.CH4.HI/c1-15-6-7-20-23-19(14-25(20)11-15)21(27)22-10-18(26)13-24-9-8-16-4-2-3-5-17(16)12-24;13-7-12(15)9-14-6-5-10-3-1-2-4-11(10)8-14;1-6-2-3-8-10-7(9(12)13)5-11(8)4-6;;/h2-7,11,14,18,26H,8-10,12-13H2,1H3,(H,22,27);1-4,12,15H,5-9,13H2;2-5H,1H3,(H,12,13);1H4;1H. The first-order valence-corrected chi connectivity index (χ1v) is 18.6. The molecule has 4 aromatic heterocycles. The summed E-state index contributed by atoms with van der Waals surface area (Å²) in [6, 6.07) is 24.5. The summed E-state index contributed by atoms with van der Waals surface area (Å²) in [6.45, 7) is 9.45. The average molecular weight is 891 g/mol. The Morgan fingerprint density at radius 1 is 0.702 bits per heavy atom. The van der Waals surface area contributed by atoms with Crippen LogP contribution in [-0.2, 0) is 25.9 Å².